The van der Waals surface area contributed by atoms with Crippen molar-refractivity contribution < 1.29 is 9.84 Å². The maximum Gasteiger partial charge on any atom is 0.162 e. The number of aromatic hydroxyl groups is 1. The number of ether oxygens (including phenoxy) is 1. The zero-order chi connectivity index (χ0) is 14.0. The molecule has 4 heteroatoms. The van der Waals surface area contributed by atoms with Crippen LogP contribution in [0.4, 0.5) is 0 Å². The van der Waals surface area contributed by atoms with Crippen LogP contribution < -0.4 is 4.74 Å². The molecule has 1 aromatic carbocycles. The molecule has 0 saturated carbocycles. The minimum absolute atomic E-state index is 0.261. The summed E-state index contributed by atoms with van der Waals surface area (Å²) in [5.41, 5.74) is 0.924. The number of halogens is 1. The number of hydrogen-bond donors (Lipinski definition) is 1. The summed E-state index contributed by atoms with van der Waals surface area (Å²) in [7, 11) is 1.58. The molecule has 1 heterocycles. The summed E-state index contributed by atoms with van der Waals surface area (Å²) in [6.45, 7) is 7.56. The van der Waals surface area contributed by atoms with Crippen LogP contribution in [0.5, 0.6) is 11.5 Å². The Kier molecular flexibility index (Phi) is 4.74. The van der Waals surface area contributed by atoms with Crippen LogP contribution in [-0.4, -0.2) is 30.2 Å². The fourth-order valence-electron chi connectivity index (χ4n) is 3.07. The molecule has 1 N–H and O–H groups in total. The molecule has 0 radical (unpaired) electrons. The van der Waals surface area contributed by atoms with E-state index >= 15 is 0 Å². The van der Waals surface area contributed by atoms with Crippen molar-refractivity contribution in [3.05, 3.63) is 22.2 Å². The van der Waals surface area contributed by atoms with Crippen LogP contribution in [0, 0.1) is 11.8 Å². The predicted octanol–water partition coefficient (Wildman–Crippen LogP) is 3.64. The van der Waals surface area contributed by atoms with Crippen LogP contribution in [0.1, 0.15) is 25.8 Å². The van der Waals surface area contributed by atoms with E-state index in [1.165, 1.54) is 6.42 Å². The average molecular weight is 328 g/mol. The van der Waals surface area contributed by atoms with Crippen LogP contribution in [0.3, 0.4) is 0 Å². The van der Waals surface area contributed by atoms with Gasteiger partial charge in [-0.3, -0.25) is 4.90 Å². The van der Waals surface area contributed by atoms with Gasteiger partial charge in [-0.1, -0.05) is 29.8 Å². The lowest BCUT2D eigenvalue weighted by molar-refractivity contribution is 0.133. The van der Waals surface area contributed by atoms with Gasteiger partial charge < -0.3 is 9.84 Å². The van der Waals surface area contributed by atoms with E-state index in [1.807, 2.05) is 6.07 Å². The first-order valence-corrected chi connectivity index (χ1v) is 7.56. The molecule has 19 heavy (non-hydrogen) atoms. The number of rotatable bonds is 3. The standard InChI is InChI=1S/C15H22BrNO2/c1-10-4-11(2)8-17(7-10)9-12-5-13(16)6-14(19-3)15(12)18/h5-6,10-11,18H,4,7-9H2,1-3H3. The van der Waals surface area contributed by atoms with Gasteiger partial charge in [-0.2, -0.15) is 0 Å². The van der Waals surface area contributed by atoms with Crippen molar-refractivity contribution in [1.82, 2.24) is 4.90 Å². The molecule has 2 unspecified atom stereocenters. The highest BCUT2D eigenvalue weighted by Gasteiger charge is 2.23. The Bertz CT molecular complexity index is 440. The smallest absolute Gasteiger partial charge is 0.162 e. The van der Waals surface area contributed by atoms with E-state index in [4.69, 9.17) is 4.74 Å². The summed E-state index contributed by atoms with van der Waals surface area (Å²) >= 11 is 3.47. The predicted molar refractivity (Wildman–Crippen MR) is 80.6 cm³/mol. The summed E-state index contributed by atoms with van der Waals surface area (Å²) in [4.78, 5) is 2.42. The van der Waals surface area contributed by atoms with Crippen molar-refractivity contribution in [3.63, 3.8) is 0 Å². The van der Waals surface area contributed by atoms with Gasteiger partial charge in [0.1, 0.15) is 0 Å². The molecule has 0 amide bonds. The van der Waals surface area contributed by atoms with E-state index in [0.29, 0.717) is 5.75 Å². The van der Waals surface area contributed by atoms with Crippen LogP contribution in [-0.2, 0) is 6.54 Å². The van der Waals surface area contributed by atoms with Crippen molar-refractivity contribution in [1.29, 1.82) is 0 Å². The Balaban J connectivity index is 2.16. The van der Waals surface area contributed by atoms with E-state index in [0.717, 1.165) is 41.5 Å². The third-order valence-corrected chi connectivity index (χ3v) is 4.13. The van der Waals surface area contributed by atoms with Crippen molar-refractivity contribution >= 4 is 15.9 Å². The first-order chi connectivity index (χ1) is 8.99. The first-order valence-electron chi connectivity index (χ1n) is 6.77. The minimum Gasteiger partial charge on any atom is -0.504 e. The summed E-state index contributed by atoms with van der Waals surface area (Å²) in [5, 5.41) is 10.2. The van der Waals surface area contributed by atoms with Gasteiger partial charge in [0, 0.05) is 29.7 Å². The quantitative estimate of drug-likeness (QED) is 0.919. The fraction of sp³-hybridized carbons (Fsp3) is 0.600. The summed E-state index contributed by atoms with van der Waals surface area (Å²) in [5.74, 6) is 2.24. The van der Waals surface area contributed by atoms with Crippen LogP contribution in [0.2, 0.25) is 0 Å². The van der Waals surface area contributed by atoms with Gasteiger partial charge in [0.2, 0.25) is 0 Å². The Hall–Kier alpha value is -0.740. The maximum absolute atomic E-state index is 10.2. The molecule has 3 nitrogen and oxygen atoms in total. The Labute approximate surface area is 123 Å². The maximum atomic E-state index is 10.2. The number of phenols is 1. The highest BCUT2D eigenvalue weighted by Crippen LogP contribution is 2.35. The number of benzene rings is 1. The fourth-order valence-corrected chi connectivity index (χ4v) is 3.55. The second-order valence-electron chi connectivity index (χ2n) is 5.76. The molecular formula is C15H22BrNO2. The Morgan fingerprint density at radius 3 is 2.53 bits per heavy atom. The molecule has 1 fully saturated rings. The van der Waals surface area contributed by atoms with Gasteiger partial charge in [0.15, 0.2) is 11.5 Å². The van der Waals surface area contributed by atoms with Crippen LogP contribution in [0.25, 0.3) is 0 Å². The molecule has 0 aliphatic carbocycles. The molecule has 1 saturated heterocycles. The van der Waals surface area contributed by atoms with E-state index < -0.39 is 0 Å². The lowest BCUT2D eigenvalue weighted by atomic mass is 9.91. The van der Waals surface area contributed by atoms with E-state index in [2.05, 4.69) is 34.7 Å². The summed E-state index contributed by atoms with van der Waals surface area (Å²) in [6, 6.07) is 3.77. The van der Waals surface area contributed by atoms with E-state index in [-0.39, 0.29) is 5.75 Å². The molecule has 2 atom stereocenters. The zero-order valence-corrected chi connectivity index (χ0v) is 13.4. The number of likely N-dealkylation sites (tertiary alicyclic amines) is 1. The lowest BCUT2D eigenvalue weighted by Crippen LogP contribution is -2.38. The number of nitrogens with zero attached hydrogens (tertiary/aromatic N) is 1. The van der Waals surface area contributed by atoms with Crippen molar-refractivity contribution in [2.24, 2.45) is 11.8 Å². The van der Waals surface area contributed by atoms with Gasteiger partial charge in [-0.05, 0) is 30.4 Å². The molecule has 2 rings (SSSR count). The highest BCUT2D eigenvalue weighted by molar-refractivity contribution is 9.10. The molecule has 106 valence electrons. The van der Waals surface area contributed by atoms with E-state index in [9.17, 15) is 5.11 Å². The minimum atomic E-state index is 0.261. The molecule has 1 aliphatic heterocycles. The van der Waals surface area contributed by atoms with Gasteiger partial charge >= 0.3 is 0 Å². The molecule has 1 aliphatic rings. The molecule has 1 aromatic rings. The average Bonchev–Trinajstić information content (AvgIpc) is 2.32. The van der Waals surface area contributed by atoms with Crippen LogP contribution >= 0.6 is 15.9 Å². The third kappa shape index (κ3) is 3.63. The summed E-state index contributed by atoms with van der Waals surface area (Å²) in [6.07, 6.45) is 1.30. The number of phenolic OH excluding ortho intramolecular Hbond substituents is 1. The van der Waals surface area contributed by atoms with Crippen molar-refractivity contribution in [2.45, 2.75) is 26.8 Å². The summed E-state index contributed by atoms with van der Waals surface area (Å²) < 4.78 is 6.14. The molecular weight excluding hydrogens is 306 g/mol. The van der Waals surface area contributed by atoms with Gasteiger partial charge in [-0.15, -0.1) is 0 Å². The Morgan fingerprint density at radius 1 is 1.32 bits per heavy atom. The van der Waals surface area contributed by atoms with Crippen LogP contribution in [0.15, 0.2) is 16.6 Å². The van der Waals surface area contributed by atoms with Crippen molar-refractivity contribution in [3.8, 4) is 11.5 Å². The normalized spacial score (nSPS) is 24.4. The molecule has 0 aromatic heterocycles. The number of piperidine rings is 1. The second-order valence-corrected chi connectivity index (χ2v) is 6.67. The monoisotopic (exact) mass is 327 g/mol. The molecule has 0 spiro atoms. The van der Waals surface area contributed by atoms with Gasteiger partial charge in [-0.25, -0.2) is 0 Å². The SMILES string of the molecule is COc1cc(Br)cc(CN2CC(C)CC(C)C2)c1O. The number of methoxy groups -OCH3 is 1. The van der Waals surface area contributed by atoms with Crippen molar-refractivity contribution in [2.75, 3.05) is 20.2 Å². The topological polar surface area (TPSA) is 32.7 Å². The van der Waals surface area contributed by atoms with Gasteiger partial charge in [0.05, 0.1) is 7.11 Å². The third-order valence-electron chi connectivity index (χ3n) is 3.68. The lowest BCUT2D eigenvalue weighted by Gasteiger charge is -2.35. The Morgan fingerprint density at radius 2 is 1.95 bits per heavy atom. The highest BCUT2D eigenvalue weighted by atomic mass is 79.9. The largest absolute Gasteiger partial charge is 0.504 e. The second kappa shape index (κ2) is 6.14. The zero-order valence-electron chi connectivity index (χ0n) is 11.8. The molecule has 0 bridgehead atoms. The van der Waals surface area contributed by atoms with Gasteiger partial charge in [0.25, 0.3) is 0 Å². The van der Waals surface area contributed by atoms with E-state index in [1.54, 1.807) is 13.2 Å². The number of hydrogen-bond acceptors (Lipinski definition) is 3. The first kappa shape index (κ1) is 14.7.